The van der Waals surface area contributed by atoms with Gasteiger partial charge in [0.25, 0.3) is 0 Å². The van der Waals surface area contributed by atoms with Gasteiger partial charge in [0.05, 0.1) is 10.0 Å². The van der Waals surface area contributed by atoms with Gasteiger partial charge in [-0.2, -0.15) is 0 Å². The molecule has 0 aliphatic carbocycles. The third kappa shape index (κ3) is 3.15. The number of carbonyl (C=O) groups excluding carboxylic acids is 1. The van der Waals surface area contributed by atoms with Crippen molar-refractivity contribution in [3.63, 3.8) is 0 Å². The van der Waals surface area contributed by atoms with E-state index in [0.29, 0.717) is 6.42 Å². The number of hydrogen-bond acceptors (Lipinski definition) is 2. The van der Waals surface area contributed by atoms with Gasteiger partial charge in [0.2, 0.25) is 0 Å². The lowest BCUT2D eigenvalue weighted by Gasteiger charge is -2.08. The highest BCUT2D eigenvalue weighted by molar-refractivity contribution is 14.1. The number of Topliss-reactive ketones (excluding diaryl/α,β-unsaturated/α-hetero) is 1. The predicted molar refractivity (Wildman–Crippen MR) is 44.8 cm³/mol. The van der Waals surface area contributed by atoms with E-state index in [0.717, 1.165) is 0 Å². The van der Waals surface area contributed by atoms with Crippen molar-refractivity contribution in [1.82, 2.24) is 0 Å². The van der Waals surface area contributed by atoms with E-state index >= 15 is 0 Å². The SMILES string of the molecule is CCC(=O)C(I)C(C)O. The number of ketones is 1. The first kappa shape index (κ1) is 9.36. The van der Waals surface area contributed by atoms with E-state index in [2.05, 4.69) is 0 Å². The first-order valence-corrected chi connectivity index (χ1v) is 4.19. The molecule has 2 atom stereocenters. The third-order valence-corrected chi connectivity index (χ3v) is 2.82. The van der Waals surface area contributed by atoms with E-state index in [1.165, 1.54) is 0 Å². The van der Waals surface area contributed by atoms with Crippen molar-refractivity contribution in [1.29, 1.82) is 0 Å². The number of rotatable bonds is 3. The number of carbonyl (C=O) groups is 1. The molecule has 0 radical (unpaired) electrons. The van der Waals surface area contributed by atoms with Gasteiger partial charge < -0.3 is 5.11 Å². The van der Waals surface area contributed by atoms with Crippen molar-refractivity contribution in [2.24, 2.45) is 0 Å². The van der Waals surface area contributed by atoms with Crippen LogP contribution in [0.4, 0.5) is 0 Å². The van der Waals surface area contributed by atoms with Crippen LogP contribution in [0.15, 0.2) is 0 Å². The fourth-order valence-corrected chi connectivity index (χ4v) is 0.904. The van der Waals surface area contributed by atoms with E-state index in [1.807, 2.05) is 22.6 Å². The zero-order chi connectivity index (χ0) is 7.44. The van der Waals surface area contributed by atoms with Gasteiger partial charge in [-0.05, 0) is 6.92 Å². The van der Waals surface area contributed by atoms with Crippen LogP contribution in [-0.2, 0) is 4.79 Å². The standard InChI is InChI=1S/C6H11IO2/c1-3-5(9)6(7)4(2)8/h4,6,8H,3H2,1-2H3. The molecule has 9 heavy (non-hydrogen) atoms. The molecular weight excluding hydrogens is 231 g/mol. The maximum Gasteiger partial charge on any atom is 0.148 e. The Morgan fingerprint density at radius 3 is 2.33 bits per heavy atom. The van der Waals surface area contributed by atoms with Crippen LogP contribution in [0.2, 0.25) is 0 Å². The lowest BCUT2D eigenvalue weighted by atomic mass is 10.2. The molecule has 0 fully saturated rings. The largest absolute Gasteiger partial charge is 0.392 e. The normalized spacial score (nSPS) is 16.9. The number of aliphatic hydroxyl groups is 1. The van der Waals surface area contributed by atoms with Crippen molar-refractivity contribution in [3.05, 3.63) is 0 Å². The lowest BCUT2D eigenvalue weighted by molar-refractivity contribution is -0.119. The molecule has 0 rings (SSSR count). The van der Waals surface area contributed by atoms with Gasteiger partial charge in [-0.1, -0.05) is 29.5 Å². The molecule has 0 aromatic rings. The van der Waals surface area contributed by atoms with Crippen LogP contribution in [0.5, 0.6) is 0 Å². The molecular formula is C6H11IO2. The highest BCUT2D eigenvalue weighted by Gasteiger charge is 2.17. The van der Waals surface area contributed by atoms with Gasteiger partial charge in [0.15, 0.2) is 0 Å². The minimum atomic E-state index is -0.516. The molecule has 0 saturated carbocycles. The van der Waals surface area contributed by atoms with Crippen LogP contribution in [0, 0.1) is 0 Å². The molecule has 0 bridgehead atoms. The second-order valence-electron chi connectivity index (χ2n) is 1.96. The average molecular weight is 242 g/mol. The van der Waals surface area contributed by atoms with E-state index in [-0.39, 0.29) is 9.71 Å². The zero-order valence-electron chi connectivity index (χ0n) is 5.60. The van der Waals surface area contributed by atoms with E-state index in [1.54, 1.807) is 13.8 Å². The Morgan fingerprint density at radius 1 is 1.78 bits per heavy atom. The summed E-state index contributed by atoms with van der Waals surface area (Å²) < 4.78 is -0.229. The van der Waals surface area contributed by atoms with Crippen LogP contribution >= 0.6 is 22.6 Å². The van der Waals surface area contributed by atoms with Crippen LogP contribution < -0.4 is 0 Å². The average Bonchev–Trinajstić information content (AvgIpc) is 1.84. The molecule has 0 aliphatic heterocycles. The molecule has 54 valence electrons. The van der Waals surface area contributed by atoms with Gasteiger partial charge in [-0.3, -0.25) is 4.79 Å². The molecule has 0 amide bonds. The van der Waals surface area contributed by atoms with Crippen LogP contribution in [0.25, 0.3) is 0 Å². The van der Waals surface area contributed by atoms with E-state index < -0.39 is 6.10 Å². The summed E-state index contributed by atoms with van der Waals surface area (Å²) in [7, 11) is 0. The Bertz CT molecular complexity index is 101. The third-order valence-electron chi connectivity index (χ3n) is 1.08. The van der Waals surface area contributed by atoms with E-state index in [9.17, 15) is 4.79 Å². The minimum Gasteiger partial charge on any atom is -0.392 e. The van der Waals surface area contributed by atoms with Gasteiger partial charge in [0.1, 0.15) is 5.78 Å². The number of hydrogen-bond donors (Lipinski definition) is 1. The Balaban J connectivity index is 3.72. The summed E-state index contributed by atoms with van der Waals surface area (Å²) in [6.45, 7) is 3.43. The van der Waals surface area contributed by atoms with Gasteiger partial charge in [0, 0.05) is 6.42 Å². The topological polar surface area (TPSA) is 37.3 Å². The molecule has 0 aliphatic rings. The molecule has 0 saturated heterocycles. The van der Waals surface area contributed by atoms with Crippen molar-refractivity contribution in [3.8, 4) is 0 Å². The summed E-state index contributed by atoms with van der Waals surface area (Å²) in [4.78, 5) is 10.8. The quantitative estimate of drug-likeness (QED) is 0.595. The first-order chi connectivity index (χ1) is 4.09. The maximum absolute atomic E-state index is 10.8. The van der Waals surface area contributed by atoms with Gasteiger partial charge in [-0.15, -0.1) is 0 Å². The summed E-state index contributed by atoms with van der Waals surface area (Å²) in [6.07, 6.45) is -0.00329. The smallest absolute Gasteiger partial charge is 0.148 e. The number of halogens is 1. The van der Waals surface area contributed by atoms with Crippen molar-refractivity contribution in [2.45, 2.75) is 30.3 Å². The van der Waals surface area contributed by atoms with Gasteiger partial charge in [-0.25, -0.2) is 0 Å². The highest BCUT2D eigenvalue weighted by Crippen LogP contribution is 2.08. The number of aliphatic hydroxyl groups excluding tert-OH is 1. The number of alkyl halides is 1. The maximum atomic E-state index is 10.8. The molecule has 0 aromatic carbocycles. The monoisotopic (exact) mass is 242 g/mol. The second-order valence-corrected chi connectivity index (χ2v) is 3.30. The first-order valence-electron chi connectivity index (χ1n) is 2.94. The molecule has 3 heteroatoms. The van der Waals surface area contributed by atoms with Crippen molar-refractivity contribution in [2.75, 3.05) is 0 Å². The van der Waals surface area contributed by atoms with Crippen LogP contribution in [0.3, 0.4) is 0 Å². The molecule has 0 spiro atoms. The second kappa shape index (κ2) is 4.22. The molecule has 0 aromatic heterocycles. The summed E-state index contributed by atoms with van der Waals surface area (Å²) in [5.41, 5.74) is 0. The minimum absolute atomic E-state index is 0.116. The lowest BCUT2D eigenvalue weighted by Crippen LogP contribution is -2.24. The predicted octanol–water partition coefficient (Wildman–Crippen LogP) is 1.15. The molecule has 2 nitrogen and oxygen atoms in total. The van der Waals surface area contributed by atoms with Crippen molar-refractivity contribution < 1.29 is 9.90 Å². The van der Waals surface area contributed by atoms with Crippen LogP contribution in [0.1, 0.15) is 20.3 Å². The fraction of sp³-hybridized carbons (Fsp3) is 0.833. The summed E-state index contributed by atoms with van der Waals surface area (Å²) in [6, 6.07) is 0. The summed E-state index contributed by atoms with van der Waals surface area (Å²) in [5, 5.41) is 8.89. The van der Waals surface area contributed by atoms with E-state index in [4.69, 9.17) is 5.11 Å². The summed E-state index contributed by atoms with van der Waals surface area (Å²) in [5.74, 6) is 0.116. The summed E-state index contributed by atoms with van der Waals surface area (Å²) >= 11 is 1.96. The molecule has 2 unspecified atom stereocenters. The molecule has 0 heterocycles. The Morgan fingerprint density at radius 2 is 2.22 bits per heavy atom. The van der Waals surface area contributed by atoms with Crippen molar-refractivity contribution >= 4 is 28.4 Å². The van der Waals surface area contributed by atoms with Crippen LogP contribution in [-0.4, -0.2) is 20.9 Å². The Kier molecular flexibility index (Phi) is 4.39. The zero-order valence-corrected chi connectivity index (χ0v) is 7.75. The Hall–Kier alpha value is 0.360. The van der Waals surface area contributed by atoms with Gasteiger partial charge >= 0.3 is 0 Å². The Labute approximate surface area is 68.8 Å². The highest BCUT2D eigenvalue weighted by atomic mass is 127. The molecule has 1 N–H and O–H groups in total. The fourth-order valence-electron chi connectivity index (χ4n) is 0.464.